The number of hydrogen-bond acceptors (Lipinski definition) is 5. The number of carbonyl (C=O) groups excluding carboxylic acids is 1. The Morgan fingerprint density at radius 1 is 1.00 bits per heavy atom. The minimum atomic E-state index is -0.0353. The van der Waals surface area contributed by atoms with Crippen molar-refractivity contribution < 1.29 is 4.79 Å². The van der Waals surface area contributed by atoms with E-state index in [1.807, 2.05) is 31.1 Å². The van der Waals surface area contributed by atoms with Gasteiger partial charge < -0.3 is 20.9 Å². The summed E-state index contributed by atoms with van der Waals surface area (Å²) in [7, 11) is 3.94. The number of carbonyl (C=O) groups is 1. The molecule has 0 aliphatic heterocycles. The molecule has 1 heterocycles. The Balaban J connectivity index is 1.18. The van der Waals surface area contributed by atoms with E-state index in [4.69, 9.17) is 0 Å². The lowest BCUT2D eigenvalue weighted by Gasteiger charge is -2.29. The van der Waals surface area contributed by atoms with Gasteiger partial charge in [0.1, 0.15) is 5.82 Å². The molecule has 2 aromatic rings. The summed E-state index contributed by atoms with van der Waals surface area (Å²) in [6.45, 7) is 0. The van der Waals surface area contributed by atoms with Crippen molar-refractivity contribution in [1.82, 2.24) is 20.6 Å². The highest BCUT2D eigenvalue weighted by molar-refractivity contribution is 5.75. The summed E-state index contributed by atoms with van der Waals surface area (Å²) in [5, 5.41) is 9.72. The third kappa shape index (κ3) is 5.16. The summed E-state index contributed by atoms with van der Waals surface area (Å²) in [4.78, 5) is 23.2. The van der Waals surface area contributed by atoms with Crippen molar-refractivity contribution in [2.75, 3.05) is 24.3 Å². The molecule has 2 fully saturated rings. The first kappa shape index (κ1) is 19.5. The molecule has 0 radical (unpaired) electrons. The minimum Gasteiger partial charge on any atom is -0.363 e. The van der Waals surface area contributed by atoms with E-state index in [-0.39, 0.29) is 18.1 Å². The number of amides is 2. The van der Waals surface area contributed by atoms with E-state index in [1.165, 1.54) is 5.56 Å². The van der Waals surface area contributed by atoms with Gasteiger partial charge in [-0.15, -0.1) is 0 Å². The van der Waals surface area contributed by atoms with Crippen LogP contribution in [0, 0.1) is 0 Å². The lowest BCUT2D eigenvalue weighted by molar-refractivity contribution is 0.231. The topological polar surface area (TPSA) is 82.2 Å². The van der Waals surface area contributed by atoms with Crippen LogP contribution >= 0.6 is 0 Å². The van der Waals surface area contributed by atoms with Gasteiger partial charge in [-0.2, -0.15) is 4.98 Å². The maximum absolute atomic E-state index is 12.3. The molecule has 1 aromatic carbocycles. The zero-order valence-corrected chi connectivity index (χ0v) is 17.1. The van der Waals surface area contributed by atoms with Crippen molar-refractivity contribution >= 4 is 17.8 Å². The monoisotopic (exact) mass is 394 g/mol. The molecular weight excluding hydrogens is 364 g/mol. The third-order valence-corrected chi connectivity index (χ3v) is 5.83. The van der Waals surface area contributed by atoms with Gasteiger partial charge in [0.2, 0.25) is 5.95 Å². The zero-order chi connectivity index (χ0) is 20.2. The predicted molar refractivity (Wildman–Crippen MR) is 115 cm³/mol. The van der Waals surface area contributed by atoms with Gasteiger partial charge in [-0.1, -0.05) is 30.3 Å². The van der Waals surface area contributed by atoms with Gasteiger partial charge in [0, 0.05) is 44.3 Å². The Morgan fingerprint density at radius 2 is 1.72 bits per heavy atom. The van der Waals surface area contributed by atoms with Crippen LogP contribution in [-0.2, 0) is 0 Å². The number of hydrogen-bond donors (Lipinski definition) is 3. The number of nitrogens with one attached hydrogen (secondary N) is 3. The number of aromatic nitrogens is 2. The second-order valence-electron chi connectivity index (χ2n) is 8.30. The zero-order valence-electron chi connectivity index (χ0n) is 17.1. The van der Waals surface area contributed by atoms with Crippen LogP contribution < -0.4 is 20.9 Å². The molecule has 29 heavy (non-hydrogen) atoms. The average Bonchev–Trinajstić information content (AvgIpc) is 3.49. The van der Waals surface area contributed by atoms with E-state index in [1.54, 1.807) is 6.20 Å². The Labute approximate surface area is 172 Å². The number of urea groups is 1. The number of anilines is 2. The molecule has 2 aliphatic rings. The lowest BCUT2D eigenvalue weighted by atomic mass is 9.91. The molecule has 0 saturated heterocycles. The molecule has 2 atom stereocenters. The molecule has 2 saturated carbocycles. The Bertz CT molecular complexity index is 819. The standard InChI is InChI=1S/C22H30N6O/c1-28(2)20-12-13-23-21(27-20)24-16-8-10-17(11-9-16)25-22(29)26-19-14-18(19)15-6-4-3-5-7-15/h3-7,12-13,16-19H,8-11,14H2,1-2H3,(H,23,24,27)(H2,25,26,29)/t16?,17?,18-,19+/m0/s1. The quantitative estimate of drug-likeness (QED) is 0.701. The van der Waals surface area contributed by atoms with Crippen LogP contribution in [0.1, 0.15) is 43.6 Å². The van der Waals surface area contributed by atoms with Gasteiger partial charge in [0.05, 0.1) is 0 Å². The van der Waals surface area contributed by atoms with E-state index < -0.39 is 0 Å². The summed E-state index contributed by atoms with van der Waals surface area (Å²) >= 11 is 0. The van der Waals surface area contributed by atoms with Gasteiger partial charge in [-0.05, 0) is 43.7 Å². The minimum absolute atomic E-state index is 0.0353. The van der Waals surface area contributed by atoms with E-state index in [0.29, 0.717) is 17.9 Å². The normalized spacial score (nSPS) is 25.7. The molecule has 7 heteroatoms. The van der Waals surface area contributed by atoms with Crippen molar-refractivity contribution in [2.45, 2.75) is 56.1 Å². The van der Waals surface area contributed by atoms with Crippen molar-refractivity contribution in [3.8, 4) is 0 Å². The van der Waals surface area contributed by atoms with Crippen LogP contribution in [0.25, 0.3) is 0 Å². The second-order valence-corrected chi connectivity index (χ2v) is 8.30. The maximum atomic E-state index is 12.3. The van der Waals surface area contributed by atoms with Gasteiger partial charge in [0.25, 0.3) is 0 Å². The third-order valence-electron chi connectivity index (χ3n) is 5.83. The Hall–Kier alpha value is -2.83. The molecule has 4 rings (SSSR count). The van der Waals surface area contributed by atoms with E-state index >= 15 is 0 Å². The first-order valence-electron chi connectivity index (χ1n) is 10.5. The first-order valence-corrected chi connectivity index (χ1v) is 10.5. The highest BCUT2D eigenvalue weighted by Crippen LogP contribution is 2.40. The number of nitrogens with zero attached hydrogens (tertiary/aromatic N) is 3. The van der Waals surface area contributed by atoms with Crippen LogP contribution in [0.5, 0.6) is 0 Å². The van der Waals surface area contributed by atoms with Crippen LogP contribution in [-0.4, -0.2) is 48.2 Å². The van der Waals surface area contributed by atoms with Crippen LogP contribution in [0.2, 0.25) is 0 Å². The van der Waals surface area contributed by atoms with Gasteiger partial charge >= 0.3 is 6.03 Å². The Morgan fingerprint density at radius 3 is 2.45 bits per heavy atom. The van der Waals surface area contributed by atoms with Crippen LogP contribution in [0.4, 0.5) is 16.6 Å². The lowest BCUT2D eigenvalue weighted by Crippen LogP contribution is -2.45. The van der Waals surface area contributed by atoms with Crippen LogP contribution in [0.3, 0.4) is 0 Å². The SMILES string of the molecule is CN(C)c1ccnc(NC2CCC(NC(=O)N[C@@H]3C[C@H]3c3ccccc3)CC2)n1. The fraction of sp³-hybridized carbons (Fsp3) is 0.500. The summed E-state index contributed by atoms with van der Waals surface area (Å²) < 4.78 is 0. The molecule has 2 aliphatic carbocycles. The van der Waals surface area contributed by atoms with E-state index in [2.05, 4.69) is 50.2 Å². The average molecular weight is 395 g/mol. The molecule has 1 aromatic heterocycles. The number of benzene rings is 1. The van der Waals surface area contributed by atoms with Crippen molar-refractivity contribution in [3.63, 3.8) is 0 Å². The highest BCUT2D eigenvalue weighted by atomic mass is 16.2. The molecule has 3 N–H and O–H groups in total. The van der Waals surface area contributed by atoms with Crippen molar-refractivity contribution in [1.29, 1.82) is 0 Å². The second kappa shape index (κ2) is 8.68. The van der Waals surface area contributed by atoms with Crippen molar-refractivity contribution in [2.24, 2.45) is 0 Å². The van der Waals surface area contributed by atoms with E-state index in [0.717, 1.165) is 37.9 Å². The largest absolute Gasteiger partial charge is 0.363 e. The highest BCUT2D eigenvalue weighted by Gasteiger charge is 2.39. The molecule has 2 amide bonds. The molecule has 0 spiro atoms. The fourth-order valence-electron chi connectivity index (χ4n) is 4.05. The molecule has 0 bridgehead atoms. The first-order chi connectivity index (χ1) is 14.1. The van der Waals surface area contributed by atoms with Crippen molar-refractivity contribution in [3.05, 3.63) is 48.2 Å². The summed E-state index contributed by atoms with van der Waals surface area (Å²) in [6.07, 6.45) is 6.73. The fourth-order valence-corrected chi connectivity index (χ4v) is 4.05. The summed E-state index contributed by atoms with van der Waals surface area (Å²) in [6, 6.07) is 13.1. The molecular formula is C22H30N6O. The predicted octanol–water partition coefficient (Wildman–Crippen LogP) is 3.12. The summed E-state index contributed by atoms with van der Waals surface area (Å²) in [5.74, 6) is 2.02. The summed E-state index contributed by atoms with van der Waals surface area (Å²) in [5.41, 5.74) is 1.31. The van der Waals surface area contributed by atoms with E-state index in [9.17, 15) is 4.79 Å². The molecule has 0 unspecified atom stereocenters. The maximum Gasteiger partial charge on any atom is 0.315 e. The Kier molecular flexibility index (Phi) is 5.83. The van der Waals surface area contributed by atoms with Gasteiger partial charge in [0.15, 0.2) is 0 Å². The molecule has 7 nitrogen and oxygen atoms in total. The molecule has 154 valence electrons. The smallest absolute Gasteiger partial charge is 0.315 e. The number of rotatable bonds is 6. The van der Waals surface area contributed by atoms with Crippen LogP contribution in [0.15, 0.2) is 42.6 Å². The van der Waals surface area contributed by atoms with Gasteiger partial charge in [-0.25, -0.2) is 9.78 Å². The van der Waals surface area contributed by atoms with Gasteiger partial charge in [-0.3, -0.25) is 0 Å².